The highest BCUT2D eigenvalue weighted by atomic mass is 15.3. The van der Waals surface area contributed by atoms with Crippen molar-refractivity contribution in [3.63, 3.8) is 0 Å². The molecule has 0 radical (unpaired) electrons. The number of nitrogens with zero attached hydrogens (tertiary/aromatic N) is 15. The molecule has 0 aliphatic heterocycles. The Labute approximate surface area is 457 Å². The number of fused-ring (bicyclic) bond motifs is 6. The van der Waals surface area contributed by atoms with Crippen LogP contribution in [-0.2, 0) is 7.05 Å². The fraction of sp³-hybridized carbons (Fsp3) is 0.302. The smallest absolute Gasteiger partial charge is 0.162 e. The van der Waals surface area contributed by atoms with Gasteiger partial charge in [-0.2, -0.15) is 5.10 Å². The largest absolute Gasteiger partial charge is 0.262 e. The molecular formula is C63H71N15. The summed E-state index contributed by atoms with van der Waals surface area (Å²) in [5.74, 6) is 2.69. The second-order valence-electron chi connectivity index (χ2n) is 20.4. The number of benzene rings is 2. The average Bonchev–Trinajstić information content (AvgIpc) is 3.86. The molecule has 0 amide bonds. The highest BCUT2D eigenvalue weighted by Crippen LogP contribution is 2.26. The van der Waals surface area contributed by atoms with E-state index in [1.54, 1.807) is 54.8 Å². The van der Waals surface area contributed by atoms with Crippen LogP contribution in [0.3, 0.4) is 0 Å². The van der Waals surface area contributed by atoms with E-state index in [9.17, 15) is 0 Å². The van der Waals surface area contributed by atoms with Gasteiger partial charge in [0, 0.05) is 59.6 Å². The van der Waals surface area contributed by atoms with Gasteiger partial charge in [-0.1, -0.05) is 126 Å². The summed E-state index contributed by atoms with van der Waals surface area (Å²) >= 11 is 0. The van der Waals surface area contributed by atoms with Gasteiger partial charge in [-0.3, -0.25) is 24.6 Å². The van der Waals surface area contributed by atoms with E-state index in [1.165, 1.54) is 27.4 Å². The van der Waals surface area contributed by atoms with Crippen molar-refractivity contribution in [2.45, 2.75) is 119 Å². The van der Waals surface area contributed by atoms with Crippen LogP contribution in [0, 0.1) is 0 Å². The molecule has 12 aromatic rings. The van der Waals surface area contributed by atoms with Gasteiger partial charge < -0.3 is 0 Å². The first-order valence-corrected chi connectivity index (χ1v) is 26.6. The molecule has 10 heterocycles. The third-order valence-corrected chi connectivity index (χ3v) is 12.6. The van der Waals surface area contributed by atoms with Crippen LogP contribution in [0.5, 0.6) is 0 Å². The summed E-state index contributed by atoms with van der Waals surface area (Å²) in [7, 11) is 1.89. The quantitative estimate of drug-likeness (QED) is 0.153. The lowest BCUT2D eigenvalue weighted by Gasteiger charge is -2.08. The van der Waals surface area contributed by atoms with Crippen molar-refractivity contribution in [3.05, 3.63) is 194 Å². The first-order valence-electron chi connectivity index (χ1n) is 26.6. The van der Waals surface area contributed by atoms with Gasteiger partial charge in [0.25, 0.3) is 0 Å². The molecule has 2 aromatic carbocycles. The minimum absolute atomic E-state index is 0.389. The van der Waals surface area contributed by atoms with Gasteiger partial charge in [0.15, 0.2) is 11.3 Å². The van der Waals surface area contributed by atoms with Gasteiger partial charge in [0.2, 0.25) is 0 Å². The number of para-hydroxylation sites is 1. The molecule has 0 saturated heterocycles. The monoisotopic (exact) mass is 1040 g/mol. The van der Waals surface area contributed by atoms with Crippen molar-refractivity contribution in [1.29, 1.82) is 0 Å². The summed E-state index contributed by atoms with van der Waals surface area (Å²) in [4.78, 5) is 54.8. The molecule has 78 heavy (non-hydrogen) atoms. The number of hydrogen-bond acceptors (Lipinski definition) is 14. The van der Waals surface area contributed by atoms with Crippen LogP contribution >= 0.6 is 0 Å². The Morgan fingerprint density at radius 1 is 0.333 bits per heavy atom. The van der Waals surface area contributed by atoms with Crippen LogP contribution in [-0.4, -0.2) is 74.6 Å². The van der Waals surface area contributed by atoms with Crippen molar-refractivity contribution in [3.8, 4) is 0 Å². The highest BCUT2D eigenvalue weighted by Gasteiger charge is 2.12. The summed E-state index contributed by atoms with van der Waals surface area (Å²) in [6.07, 6.45) is 19.0. The molecule has 0 unspecified atom stereocenters. The highest BCUT2D eigenvalue weighted by molar-refractivity contribution is 5.85. The third kappa shape index (κ3) is 14.4. The zero-order chi connectivity index (χ0) is 55.7. The van der Waals surface area contributed by atoms with Gasteiger partial charge in [-0.05, 0) is 95.0 Å². The first kappa shape index (κ1) is 57.0. The first-order chi connectivity index (χ1) is 37.6. The minimum Gasteiger partial charge on any atom is -0.262 e. The van der Waals surface area contributed by atoms with Crippen molar-refractivity contribution < 1.29 is 0 Å². The van der Waals surface area contributed by atoms with Crippen molar-refractivity contribution in [2.75, 3.05) is 0 Å². The molecule has 0 aliphatic rings. The summed E-state index contributed by atoms with van der Waals surface area (Å²) in [6, 6.07) is 30.6. The van der Waals surface area contributed by atoms with Crippen LogP contribution in [0.2, 0.25) is 0 Å². The minimum atomic E-state index is 0.389. The fourth-order valence-corrected chi connectivity index (χ4v) is 8.76. The van der Waals surface area contributed by atoms with Crippen molar-refractivity contribution in [1.82, 2.24) is 74.6 Å². The fourth-order valence-electron chi connectivity index (χ4n) is 8.76. The summed E-state index contributed by atoms with van der Waals surface area (Å²) in [6.45, 7) is 25.7. The van der Waals surface area contributed by atoms with Gasteiger partial charge in [-0.15, -0.1) is 0 Å². The molecule has 0 bridgehead atoms. The third-order valence-electron chi connectivity index (χ3n) is 12.6. The lowest BCUT2D eigenvalue weighted by atomic mass is 9.99. The maximum atomic E-state index is 4.41. The molecule has 15 heteroatoms. The average molecular weight is 1040 g/mol. The van der Waals surface area contributed by atoms with E-state index in [4.69, 9.17) is 0 Å². The van der Waals surface area contributed by atoms with Gasteiger partial charge in [0.1, 0.15) is 30.8 Å². The van der Waals surface area contributed by atoms with E-state index >= 15 is 0 Å². The zero-order valence-electron chi connectivity index (χ0n) is 47.2. The van der Waals surface area contributed by atoms with Crippen LogP contribution in [0.25, 0.3) is 65.7 Å². The molecule has 0 spiro atoms. The lowest BCUT2D eigenvalue weighted by molar-refractivity contribution is 0.782. The molecule has 0 atom stereocenters. The molecule has 0 aliphatic carbocycles. The second kappa shape index (κ2) is 27.4. The van der Waals surface area contributed by atoms with Gasteiger partial charge in [-0.25, -0.2) is 44.9 Å². The number of hydrogen-bond donors (Lipinski definition) is 0. The van der Waals surface area contributed by atoms with E-state index in [1.807, 2.05) is 62.0 Å². The van der Waals surface area contributed by atoms with Crippen LogP contribution < -0.4 is 0 Å². The Morgan fingerprint density at radius 3 is 1.58 bits per heavy atom. The summed E-state index contributed by atoms with van der Waals surface area (Å²) in [5.41, 5.74) is 12.3. The van der Waals surface area contributed by atoms with E-state index in [2.05, 4.69) is 208 Å². The number of aromatic nitrogens is 15. The van der Waals surface area contributed by atoms with E-state index in [0.717, 1.165) is 72.3 Å². The molecule has 15 nitrogen and oxygen atoms in total. The SMILES string of the molecule is CC(C)c1ccnc2ccccc12.CC(C)c1nccc2ccccc12.CC(C)c1ncnc2c1cnn2C.CC(C)c1ncnc2cccnc12.CC(C)c1ncnc2cnccc12.CC(C)c1ncnc2ncccc12. The molecule has 0 N–H and O–H groups in total. The molecule has 0 saturated carbocycles. The Kier molecular flexibility index (Phi) is 20.0. The predicted molar refractivity (Wildman–Crippen MR) is 316 cm³/mol. The molecule has 0 fully saturated rings. The molecule has 10 aromatic heterocycles. The Balaban J connectivity index is 0.000000136. The normalized spacial score (nSPS) is 11.1. The number of pyridine rings is 5. The summed E-state index contributed by atoms with van der Waals surface area (Å²) < 4.78 is 1.77. The topological polar surface area (TPSA) is 185 Å². The molecule has 398 valence electrons. The predicted octanol–water partition coefficient (Wildman–Crippen LogP) is 14.6. The van der Waals surface area contributed by atoms with Crippen LogP contribution in [0.15, 0.2) is 160 Å². The van der Waals surface area contributed by atoms with E-state index < -0.39 is 0 Å². The maximum absolute atomic E-state index is 4.41. The molecular weight excluding hydrogens is 967 g/mol. The zero-order valence-corrected chi connectivity index (χ0v) is 47.2. The van der Waals surface area contributed by atoms with Crippen LogP contribution in [0.4, 0.5) is 0 Å². The number of aryl methyl sites for hydroxylation is 1. The Morgan fingerprint density at radius 2 is 0.872 bits per heavy atom. The van der Waals surface area contributed by atoms with Crippen molar-refractivity contribution >= 4 is 65.7 Å². The molecule has 12 rings (SSSR count). The maximum Gasteiger partial charge on any atom is 0.162 e. The summed E-state index contributed by atoms with van der Waals surface area (Å²) in [5, 5.41) is 11.2. The van der Waals surface area contributed by atoms with E-state index in [-0.39, 0.29) is 0 Å². The number of rotatable bonds is 6. The Hall–Kier alpha value is -8.72. The van der Waals surface area contributed by atoms with Gasteiger partial charge in [0.05, 0.1) is 62.8 Å². The Bertz CT molecular complexity index is 3320. The van der Waals surface area contributed by atoms with Gasteiger partial charge >= 0.3 is 0 Å². The van der Waals surface area contributed by atoms with Crippen molar-refractivity contribution in [2.24, 2.45) is 7.05 Å². The lowest BCUT2D eigenvalue weighted by Crippen LogP contribution is -1.96. The standard InChI is InChI=1S/2C12H13N.3C10H11N3.C9H12N4/c1-9(2)10-7-8-13-12-6-4-3-5-11(10)12;1-9(2)12-11-6-4-3-5-10(11)7-8-13-12;1-7(2)10-8-3-4-11-5-9(8)12-6-13-10;1-7(2)9-10-8(12-6-13-9)4-3-5-11-10;1-7(2)9-8-4-3-5-11-10(8)13-6-12-9;1-6(2)8-7-4-12-13(3)9(7)11-5-10-8/h2*3-9H,1-2H3;3*3-7H,1-2H3;4-6H,1-3H3. The second-order valence-corrected chi connectivity index (χ2v) is 20.4. The van der Waals surface area contributed by atoms with Crippen LogP contribution in [0.1, 0.15) is 153 Å². The van der Waals surface area contributed by atoms with E-state index in [0.29, 0.717) is 35.5 Å².